The largest absolute Gasteiger partial charge is 0.369 e. The summed E-state index contributed by atoms with van der Waals surface area (Å²) >= 11 is 5.80. The van der Waals surface area contributed by atoms with Gasteiger partial charge in [0.1, 0.15) is 17.5 Å². The molecule has 1 heterocycles. The molecule has 0 fully saturated rings. The second-order valence-electron chi connectivity index (χ2n) is 5.76. The molecule has 0 saturated heterocycles. The molecular formula is C16H22ClN5O2S. The first-order valence-electron chi connectivity index (χ1n) is 7.74. The van der Waals surface area contributed by atoms with Gasteiger partial charge in [0, 0.05) is 38.3 Å². The number of nitrogens with one attached hydrogen (secondary N) is 2. The second-order valence-corrected chi connectivity index (χ2v) is 8.00. The van der Waals surface area contributed by atoms with Gasteiger partial charge in [-0.15, -0.1) is 0 Å². The minimum absolute atomic E-state index is 0.0818. The van der Waals surface area contributed by atoms with Crippen LogP contribution in [0.3, 0.4) is 0 Å². The highest BCUT2D eigenvalue weighted by Crippen LogP contribution is 2.13. The normalized spacial score (nSPS) is 11.4. The molecule has 9 heteroatoms. The third kappa shape index (κ3) is 6.49. The van der Waals surface area contributed by atoms with E-state index in [0.717, 1.165) is 5.82 Å². The lowest BCUT2D eigenvalue weighted by Gasteiger charge is -2.14. The maximum atomic E-state index is 12.1. The van der Waals surface area contributed by atoms with Crippen LogP contribution in [-0.2, 0) is 15.8 Å². The first-order chi connectivity index (χ1) is 11.7. The van der Waals surface area contributed by atoms with E-state index in [4.69, 9.17) is 11.6 Å². The molecule has 2 N–H and O–H groups in total. The van der Waals surface area contributed by atoms with E-state index in [1.54, 1.807) is 24.3 Å². The molecule has 0 saturated carbocycles. The third-order valence-corrected chi connectivity index (χ3v) is 4.91. The van der Waals surface area contributed by atoms with Crippen LogP contribution in [-0.4, -0.2) is 45.6 Å². The zero-order chi connectivity index (χ0) is 18.4. The lowest BCUT2D eigenvalue weighted by Crippen LogP contribution is -2.30. The summed E-state index contributed by atoms with van der Waals surface area (Å²) in [6, 6.07) is 8.56. The average molecular weight is 384 g/mol. The fourth-order valence-electron chi connectivity index (χ4n) is 2.12. The molecule has 136 valence electrons. The molecule has 0 radical (unpaired) electrons. The zero-order valence-corrected chi connectivity index (χ0v) is 16.0. The van der Waals surface area contributed by atoms with Crippen molar-refractivity contribution in [1.82, 2.24) is 14.7 Å². The van der Waals surface area contributed by atoms with Gasteiger partial charge in [0.15, 0.2) is 0 Å². The summed E-state index contributed by atoms with van der Waals surface area (Å²) in [5.74, 6) is 2.02. The van der Waals surface area contributed by atoms with Crippen LogP contribution in [0.4, 0.5) is 11.6 Å². The Morgan fingerprint density at radius 3 is 2.44 bits per heavy atom. The number of aryl methyl sites for hydroxylation is 1. The lowest BCUT2D eigenvalue weighted by atomic mass is 10.2. The average Bonchev–Trinajstić information content (AvgIpc) is 2.53. The van der Waals surface area contributed by atoms with Gasteiger partial charge < -0.3 is 10.2 Å². The molecule has 25 heavy (non-hydrogen) atoms. The monoisotopic (exact) mass is 383 g/mol. The molecule has 1 aromatic carbocycles. The van der Waals surface area contributed by atoms with E-state index in [1.807, 2.05) is 32.0 Å². The zero-order valence-electron chi connectivity index (χ0n) is 14.5. The smallest absolute Gasteiger partial charge is 0.215 e. The molecule has 0 atom stereocenters. The maximum Gasteiger partial charge on any atom is 0.215 e. The first-order valence-corrected chi connectivity index (χ1v) is 9.77. The van der Waals surface area contributed by atoms with Crippen molar-refractivity contribution in [1.29, 1.82) is 0 Å². The van der Waals surface area contributed by atoms with E-state index in [1.165, 1.54) is 0 Å². The summed E-state index contributed by atoms with van der Waals surface area (Å²) in [6.45, 7) is 2.49. The molecule has 0 spiro atoms. The lowest BCUT2D eigenvalue weighted by molar-refractivity contribution is 0.582. The minimum Gasteiger partial charge on any atom is -0.369 e. The van der Waals surface area contributed by atoms with Gasteiger partial charge >= 0.3 is 0 Å². The Hall–Kier alpha value is -1.90. The van der Waals surface area contributed by atoms with E-state index in [9.17, 15) is 8.42 Å². The van der Waals surface area contributed by atoms with Crippen LogP contribution >= 0.6 is 11.6 Å². The Labute approximate surface area is 153 Å². The molecule has 7 nitrogen and oxygen atoms in total. The summed E-state index contributed by atoms with van der Waals surface area (Å²) in [7, 11) is 0.393. The number of anilines is 2. The van der Waals surface area contributed by atoms with Crippen LogP contribution in [0.2, 0.25) is 5.02 Å². The van der Waals surface area contributed by atoms with E-state index < -0.39 is 10.0 Å². The van der Waals surface area contributed by atoms with Gasteiger partial charge in [0.25, 0.3) is 0 Å². The van der Waals surface area contributed by atoms with E-state index in [2.05, 4.69) is 20.0 Å². The molecule has 2 aromatic rings. The standard InChI is InChI=1S/C16H22ClN5O2S/c1-12-20-15(10-16(21-12)22(2)3)18-8-9-19-25(23,24)11-13-4-6-14(17)7-5-13/h4-7,10,19H,8-9,11H2,1-3H3,(H,18,20,21). The number of rotatable bonds is 8. The fraction of sp³-hybridized carbons (Fsp3) is 0.375. The van der Waals surface area contributed by atoms with Gasteiger partial charge in [-0.1, -0.05) is 23.7 Å². The minimum atomic E-state index is -3.41. The molecule has 1 aromatic heterocycles. The van der Waals surface area contributed by atoms with Crippen LogP contribution in [0.5, 0.6) is 0 Å². The number of nitrogens with zero attached hydrogens (tertiary/aromatic N) is 3. The summed E-state index contributed by atoms with van der Waals surface area (Å²) in [6.07, 6.45) is 0. The Bertz CT molecular complexity index is 810. The molecule has 0 unspecified atom stereocenters. The van der Waals surface area contributed by atoms with Crippen molar-refractivity contribution < 1.29 is 8.42 Å². The van der Waals surface area contributed by atoms with Gasteiger partial charge in [-0.05, 0) is 24.6 Å². The predicted octanol–water partition coefficient (Wildman–Crippen LogP) is 2.04. The highest BCUT2D eigenvalue weighted by Gasteiger charge is 2.11. The fourth-order valence-corrected chi connectivity index (χ4v) is 3.39. The topological polar surface area (TPSA) is 87.2 Å². The number of sulfonamides is 1. The van der Waals surface area contributed by atoms with Crippen LogP contribution in [0.15, 0.2) is 30.3 Å². The van der Waals surface area contributed by atoms with Crippen molar-refractivity contribution in [3.8, 4) is 0 Å². The highest BCUT2D eigenvalue weighted by atomic mass is 35.5. The van der Waals surface area contributed by atoms with Gasteiger partial charge in [0.2, 0.25) is 10.0 Å². The van der Waals surface area contributed by atoms with Gasteiger partial charge in [-0.2, -0.15) is 0 Å². The summed E-state index contributed by atoms with van der Waals surface area (Å²) < 4.78 is 26.7. The third-order valence-electron chi connectivity index (χ3n) is 3.31. The molecule has 0 aliphatic heterocycles. The Balaban J connectivity index is 1.85. The second kappa shape index (κ2) is 8.46. The van der Waals surface area contributed by atoms with Crippen LogP contribution in [0, 0.1) is 6.92 Å². The molecule has 0 amide bonds. The number of benzene rings is 1. The van der Waals surface area contributed by atoms with Gasteiger partial charge in [-0.25, -0.2) is 23.1 Å². The van der Waals surface area contributed by atoms with Crippen LogP contribution in [0.1, 0.15) is 11.4 Å². The van der Waals surface area contributed by atoms with Crippen molar-refractivity contribution in [3.63, 3.8) is 0 Å². The van der Waals surface area contributed by atoms with Crippen molar-refractivity contribution in [2.24, 2.45) is 0 Å². The van der Waals surface area contributed by atoms with E-state index in [0.29, 0.717) is 28.8 Å². The summed E-state index contributed by atoms with van der Waals surface area (Å²) in [5, 5.41) is 3.68. The van der Waals surface area contributed by atoms with Gasteiger partial charge in [0.05, 0.1) is 5.75 Å². The molecule has 0 aliphatic rings. The Morgan fingerprint density at radius 2 is 1.80 bits per heavy atom. The summed E-state index contributed by atoms with van der Waals surface area (Å²) in [4.78, 5) is 10.5. The SMILES string of the molecule is Cc1nc(NCCNS(=O)(=O)Cc2ccc(Cl)cc2)cc(N(C)C)n1. The predicted molar refractivity (Wildman–Crippen MR) is 102 cm³/mol. The van der Waals surface area contributed by atoms with Crippen molar-refractivity contribution in [2.75, 3.05) is 37.4 Å². The van der Waals surface area contributed by atoms with E-state index in [-0.39, 0.29) is 12.3 Å². The molecule has 0 aliphatic carbocycles. The van der Waals surface area contributed by atoms with Crippen LogP contribution in [0.25, 0.3) is 0 Å². The first kappa shape index (κ1) is 19.4. The quantitative estimate of drug-likeness (QED) is 0.678. The van der Waals surface area contributed by atoms with E-state index >= 15 is 0 Å². The van der Waals surface area contributed by atoms with Crippen molar-refractivity contribution >= 4 is 33.3 Å². The summed E-state index contributed by atoms with van der Waals surface area (Å²) in [5.41, 5.74) is 0.687. The molecule has 2 rings (SSSR count). The van der Waals surface area contributed by atoms with Crippen molar-refractivity contribution in [3.05, 3.63) is 46.7 Å². The number of halogens is 1. The molecular weight excluding hydrogens is 362 g/mol. The highest BCUT2D eigenvalue weighted by molar-refractivity contribution is 7.88. The number of aromatic nitrogens is 2. The Kier molecular flexibility index (Phi) is 6.57. The Morgan fingerprint density at radius 1 is 1.12 bits per heavy atom. The number of hydrogen-bond acceptors (Lipinski definition) is 6. The van der Waals surface area contributed by atoms with Crippen molar-refractivity contribution in [2.45, 2.75) is 12.7 Å². The maximum absolute atomic E-state index is 12.1. The van der Waals surface area contributed by atoms with Gasteiger partial charge in [-0.3, -0.25) is 0 Å². The number of hydrogen-bond donors (Lipinski definition) is 2. The molecule has 0 bridgehead atoms. The van der Waals surface area contributed by atoms with Crippen LogP contribution < -0.4 is 14.9 Å².